The summed E-state index contributed by atoms with van der Waals surface area (Å²) in [5, 5.41) is 11.5. The highest BCUT2D eigenvalue weighted by atomic mass is 79.9. The number of aliphatic carboxylic acids is 1. The summed E-state index contributed by atoms with van der Waals surface area (Å²) in [5.41, 5.74) is -1.18. The van der Waals surface area contributed by atoms with E-state index in [1.807, 2.05) is 0 Å². The van der Waals surface area contributed by atoms with Gasteiger partial charge in [-0.3, -0.25) is 14.4 Å². The van der Waals surface area contributed by atoms with Gasteiger partial charge in [0, 0.05) is 13.3 Å². The number of carboxylic acids is 1. The SMILES string of the molecule is COCC(C)(CC(=O)O)NC(=O)c1c[nH]c(=O)c(Br)c1. The second kappa shape index (κ2) is 6.67. The highest BCUT2D eigenvalue weighted by Gasteiger charge is 2.30. The van der Waals surface area contributed by atoms with Gasteiger partial charge in [0.05, 0.1) is 28.6 Å². The molecule has 0 saturated heterocycles. The number of hydrogen-bond acceptors (Lipinski definition) is 4. The van der Waals surface area contributed by atoms with Crippen LogP contribution < -0.4 is 10.9 Å². The van der Waals surface area contributed by atoms with Crippen LogP contribution in [0.5, 0.6) is 0 Å². The van der Waals surface area contributed by atoms with Crippen LogP contribution in [-0.4, -0.2) is 41.2 Å². The Morgan fingerprint density at radius 1 is 1.55 bits per heavy atom. The third kappa shape index (κ3) is 4.46. The molecule has 0 spiro atoms. The molecule has 0 bridgehead atoms. The molecule has 1 amide bonds. The number of halogens is 1. The number of aromatic nitrogens is 1. The van der Waals surface area contributed by atoms with Gasteiger partial charge in [-0.15, -0.1) is 0 Å². The molecule has 3 N–H and O–H groups in total. The van der Waals surface area contributed by atoms with Crippen LogP contribution >= 0.6 is 15.9 Å². The maximum Gasteiger partial charge on any atom is 0.305 e. The lowest BCUT2D eigenvalue weighted by Gasteiger charge is -2.28. The standard InChI is InChI=1S/C12H15BrN2O5/c1-12(6-20-2,4-9(16)17)15-10(18)7-3-8(13)11(19)14-5-7/h3,5H,4,6H2,1-2H3,(H,14,19)(H,15,18)(H,16,17). The first-order valence-corrected chi connectivity index (χ1v) is 6.48. The molecule has 0 aliphatic carbocycles. The Kier molecular flexibility index (Phi) is 5.46. The molecule has 1 rings (SSSR count). The van der Waals surface area contributed by atoms with E-state index in [1.54, 1.807) is 6.92 Å². The second-order valence-electron chi connectivity index (χ2n) is 4.58. The Morgan fingerprint density at radius 2 is 2.20 bits per heavy atom. The van der Waals surface area contributed by atoms with Gasteiger partial charge in [-0.1, -0.05) is 0 Å². The van der Waals surface area contributed by atoms with Crippen molar-refractivity contribution in [2.45, 2.75) is 18.9 Å². The zero-order valence-corrected chi connectivity index (χ0v) is 12.6. The van der Waals surface area contributed by atoms with Crippen molar-refractivity contribution in [2.24, 2.45) is 0 Å². The van der Waals surface area contributed by atoms with Crippen molar-refractivity contribution in [3.63, 3.8) is 0 Å². The fraction of sp³-hybridized carbons (Fsp3) is 0.417. The Hall–Kier alpha value is -1.67. The van der Waals surface area contributed by atoms with Gasteiger partial charge < -0.3 is 20.1 Å². The molecule has 0 fully saturated rings. The highest BCUT2D eigenvalue weighted by molar-refractivity contribution is 9.10. The number of ether oxygens (including phenoxy) is 1. The number of hydrogen-bond donors (Lipinski definition) is 3. The molecule has 0 saturated carbocycles. The van der Waals surface area contributed by atoms with Crippen molar-refractivity contribution < 1.29 is 19.4 Å². The van der Waals surface area contributed by atoms with Crippen molar-refractivity contribution >= 4 is 27.8 Å². The Labute approximate surface area is 123 Å². The fourth-order valence-corrected chi connectivity index (χ4v) is 2.08. The first-order chi connectivity index (χ1) is 9.27. The summed E-state index contributed by atoms with van der Waals surface area (Å²) in [6.07, 6.45) is 0.980. The summed E-state index contributed by atoms with van der Waals surface area (Å²) >= 11 is 3.02. The number of rotatable bonds is 6. The number of amides is 1. The lowest BCUT2D eigenvalue weighted by Crippen LogP contribution is -2.50. The van der Waals surface area contributed by atoms with Crippen molar-refractivity contribution in [2.75, 3.05) is 13.7 Å². The topological polar surface area (TPSA) is 108 Å². The van der Waals surface area contributed by atoms with E-state index in [1.165, 1.54) is 19.4 Å². The molecule has 1 aromatic rings. The third-order valence-corrected chi connectivity index (χ3v) is 3.13. The van der Waals surface area contributed by atoms with E-state index in [4.69, 9.17) is 9.84 Å². The quantitative estimate of drug-likeness (QED) is 0.704. The number of methoxy groups -OCH3 is 1. The number of H-pyrrole nitrogens is 1. The van der Waals surface area contributed by atoms with Crippen LogP contribution in [0.3, 0.4) is 0 Å². The summed E-state index contributed by atoms with van der Waals surface area (Å²) < 4.78 is 5.16. The molecule has 0 aliphatic rings. The first-order valence-electron chi connectivity index (χ1n) is 5.69. The molecule has 1 aromatic heterocycles. The predicted molar refractivity (Wildman–Crippen MR) is 74.8 cm³/mol. The van der Waals surface area contributed by atoms with Crippen LogP contribution in [0.4, 0.5) is 0 Å². The van der Waals surface area contributed by atoms with E-state index < -0.39 is 17.4 Å². The maximum atomic E-state index is 12.1. The molecule has 0 aromatic carbocycles. The van der Waals surface area contributed by atoms with Crippen LogP contribution in [0, 0.1) is 0 Å². The predicted octanol–water partition coefficient (Wildman–Crippen LogP) is 0.747. The number of carbonyl (C=O) groups excluding carboxylic acids is 1. The zero-order valence-electron chi connectivity index (χ0n) is 11.0. The van der Waals surface area contributed by atoms with Crippen LogP contribution in [0.2, 0.25) is 0 Å². The van der Waals surface area contributed by atoms with Crippen LogP contribution in [-0.2, 0) is 9.53 Å². The van der Waals surface area contributed by atoms with E-state index in [9.17, 15) is 14.4 Å². The normalized spacial score (nSPS) is 13.6. The molecule has 7 nitrogen and oxygen atoms in total. The van der Waals surface area contributed by atoms with Crippen molar-refractivity contribution in [3.05, 3.63) is 32.7 Å². The van der Waals surface area contributed by atoms with Crippen molar-refractivity contribution in [1.82, 2.24) is 10.3 Å². The largest absolute Gasteiger partial charge is 0.481 e. The minimum absolute atomic E-state index is 0.0512. The smallest absolute Gasteiger partial charge is 0.305 e. The minimum Gasteiger partial charge on any atom is -0.481 e. The third-order valence-electron chi connectivity index (χ3n) is 2.54. The van der Waals surface area contributed by atoms with E-state index in [2.05, 4.69) is 26.2 Å². The van der Waals surface area contributed by atoms with Gasteiger partial charge in [0.2, 0.25) is 0 Å². The molecule has 8 heteroatoms. The van der Waals surface area contributed by atoms with Crippen molar-refractivity contribution in [3.8, 4) is 0 Å². The number of aromatic amines is 1. The van der Waals surface area contributed by atoms with Crippen LogP contribution in [0.1, 0.15) is 23.7 Å². The Bertz CT molecular complexity index is 571. The lowest BCUT2D eigenvalue weighted by atomic mass is 9.98. The molecule has 1 atom stereocenters. The fourth-order valence-electron chi connectivity index (χ4n) is 1.72. The summed E-state index contributed by atoms with van der Waals surface area (Å²) in [6.45, 7) is 1.62. The van der Waals surface area contributed by atoms with Gasteiger partial charge in [-0.05, 0) is 28.9 Å². The average molecular weight is 347 g/mol. The molecular formula is C12H15BrN2O5. The van der Waals surface area contributed by atoms with Gasteiger partial charge in [-0.2, -0.15) is 0 Å². The molecule has 1 heterocycles. The van der Waals surface area contributed by atoms with Gasteiger partial charge in [0.15, 0.2) is 0 Å². The second-order valence-corrected chi connectivity index (χ2v) is 5.44. The van der Waals surface area contributed by atoms with Crippen LogP contribution in [0.15, 0.2) is 21.5 Å². The summed E-state index contributed by atoms with van der Waals surface area (Å²) in [5.74, 6) is -1.55. The molecule has 1 unspecified atom stereocenters. The molecular weight excluding hydrogens is 332 g/mol. The summed E-state index contributed by atoms with van der Waals surface area (Å²) in [7, 11) is 1.42. The van der Waals surface area contributed by atoms with Gasteiger partial charge in [0.25, 0.3) is 11.5 Å². The van der Waals surface area contributed by atoms with E-state index in [0.29, 0.717) is 0 Å². The summed E-state index contributed by atoms with van der Waals surface area (Å²) in [6, 6.07) is 1.36. The highest BCUT2D eigenvalue weighted by Crippen LogP contribution is 2.13. The van der Waals surface area contributed by atoms with E-state index in [0.717, 1.165) is 0 Å². The number of nitrogens with one attached hydrogen (secondary N) is 2. The summed E-state index contributed by atoms with van der Waals surface area (Å²) in [4.78, 5) is 36.5. The zero-order chi connectivity index (χ0) is 15.3. The Balaban J connectivity index is 2.92. The molecule has 20 heavy (non-hydrogen) atoms. The monoisotopic (exact) mass is 346 g/mol. The number of carbonyl (C=O) groups is 2. The average Bonchev–Trinajstić information content (AvgIpc) is 2.31. The van der Waals surface area contributed by atoms with E-state index in [-0.39, 0.29) is 28.6 Å². The molecule has 0 aliphatic heterocycles. The minimum atomic E-state index is -1.05. The van der Waals surface area contributed by atoms with Crippen LogP contribution in [0.25, 0.3) is 0 Å². The molecule has 0 radical (unpaired) electrons. The number of pyridine rings is 1. The van der Waals surface area contributed by atoms with E-state index >= 15 is 0 Å². The maximum absolute atomic E-state index is 12.1. The van der Waals surface area contributed by atoms with Gasteiger partial charge in [0.1, 0.15) is 0 Å². The molecule has 110 valence electrons. The lowest BCUT2D eigenvalue weighted by molar-refractivity contribution is -0.139. The van der Waals surface area contributed by atoms with Gasteiger partial charge >= 0.3 is 5.97 Å². The number of carboxylic acid groups (broad SMARTS) is 1. The first kappa shape index (κ1) is 16.4. The van der Waals surface area contributed by atoms with Crippen molar-refractivity contribution in [1.29, 1.82) is 0 Å². The Morgan fingerprint density at radius 3 is 2.70 bits per heavy atom. The van der Waals surface area contributed by atoms with Gasteiger partial charge in [-0.25, -0.2) is 0 Å².